The molecule has 3 heteroatoms. The number of nitrogens with one attached hydrogen (secondary N) is 1. The number of fused-ring (bicyclic) bond motifs is 1. The van der Waals surface area contributed by atoms with E-state index in [1.54, 1.807) is 6.33 Å². The lowest BCUT2D eigenvalue weighted by Crippen LogP contribution is -1.83. The normalized spacial score (nSPS) is 11.0. The first kappa shape index (κ1) is 11.0. The van der Waals surface area contributed by atoms with Crippen molar-refractivity contribution in [3.63, 3.8) is 0 Å². The van der Waals surface area contributed by atoms with E-state index in [0.717, 1.165) is 28.8 Å². The van der Waals surface area contributed by atoms with E-state index >= 15 is 0 Å². The van der Waals surface area contributed by atoms with Gasteiger partial charge in [-0.05, 0) is 30.5 Å². The van der Waals surface area contributed by atoms with E-state index < -0.39 is 0 Å². The van der Waals surface area contributed by atoms with Crippen molar-refractivity contribution in [2.45, 2.75) is 20.3 Å². The van der Waals surface area contributed by atoms with Gasteiger partial charge in [0, 0.05) is 11.1 Å². The highest BCUT2D eigenvalue weighted by Crippen LogP contribution is 2.24. The van der Waals surface area contributed by atoms with Crippen molar-refractivity contribution in [2.24, 2.45) is 0 Å². The van der Waals surface area contributed by atoms with E-state index in [9.17, 15) is 0 Å². The van der Waals surface area contributed by atoms with Crippen LogP contribution in [0.1, 0.15) is 18.2 Å². The molecule has 18 heavy (non-hydrogen) atoms. The molecule has 2 heterocycles. The second-order valence-corrected chi connectivity index (χ2v) is 4.45. The molecular formula is C15H15N3. The number of aromatic amines is 1. The van der Waals surface area contributed by atoms with E-state index in [4.69, 9.17) is 0 Å². The number of rotatable bonds is 2. The smallest absolute Gasteiger partial charge is 0.141 e. The molecule has 3 aromatic rings. The minimum absolute atomic E-state index is 0.900. The minimum atomic E-state index is 0.900. The van der Waals surface area contributed by atoms with Gasteiger partial charge in [0.05, 0.1) is 5.69 Å². The molecule has 90 valence electrons. The molecule has 0 bridgehead atoms. The molecule has 0 radical (unpaired) electrons. The SMILES string of the molecule is CCc1ccc(-c2cc3c(C)ncnc3[nH]2)cc1. The van der Waals surface area contributed by atoms with E-state index in [-0.39, 0.29) is 0 Å². The van der Waals surface area contributed by atoms with Crippen molar-refractivity contribution in [3.8, 4) is 11.3 Å². The lowest BCUT2D eigenvalue weighted by Gasteiger charge is -1.99. The summed E-state index contributed by atoms with van der Waals surface area (Å²) in [5.41, 5.74) is 5.54. The summed E-state index contributed by atoms with van der Waals surface area (Å²) in [5, 5.41) is 1.09. The van der Waals surface area contributed by atoms with E-state index in [1.807, 2.05) is 6.92 Å². The molecule has 1 N–H and O–H groups in total. The highest BCUT2D eigenvalue weighted by Gasteiger charge is 2.06. The molecule has 1 aromatic carbocycles. The van der Waals surface area contributed by atoms with Gasteiger partial charge in [-0.25, -0.2) is 9.97 Å². The summed E-state index contributed by atoms with van der Waals surface area (Å²) in [6.45, 7) is 4.17. The Morgan fingerprint density at radius 3 is 2.56 bits per heavy atom. The summed E-state index contributed by atoms with van der Waals surface area (Å²) in [4.78, 5) is 11.8. The topological polar surface area (TPSA) is 41.6 Å². The average molecular weight is 237 g/mol. The van der Waals surface area contributed by atoms with E-state index in [2.05, 4.69) is 52.2 Å². The summed E-state index contributed by atoms with van der Waals surface area (Å²) in [5.74, 6) is 0. The van der Waals surface area contributed by atoms with Crippen LogP contribution in [0.15, 0.2) is 36.7 Å². The molecule has 0 aliphatic rings. The van der Waals surface area contributed by atoms with E-state index in [1.165, 1.54) is 11.1 Å². The van der Waals surface area contributed by atoms with Crippen molar-refractivity contribution in [1.82, 2.24) is 15.0 Å². The lowest BCUT2D eigenvalue weighted by molar-refractivity contribution is 1.14. The van der Waals surface area contributed by atoms with Crippen LogP contribution in [0.3, 0.4) is 0 Å². The van der Waals surface area contributed by atoms with Crippen LogP contribution in [0.4, 0.5) is 0 Å². The van der Waals surface area contributed by atoms with Gasteiger partial charge in [-0.15, -0.1) is 0 Å². The van der Waals surface area contributed by atoms with Gasteiger partial charge >= 0.3 is 0 Å². The number of aryl methyl sites for hydroxylation is 2. The number of benzene rings is 1. The van der Waals surface area contributed by atoms with Gasteiger partial charge in [-0.3, -0.25) is 0 Å². The Labute approximate surface area is 106 Å². The van der Waals surface area contributed by atoms with Gasteiger partial charge in [0.15, 0.2) is 0 Å². The number of hydrogen-bond donors (Lipinski definition) is 1. The molecule has 0 aliphatic carbocycles. The Bertz CT molecular complexity index is 681. The highest BCUT2D eigenvalue weighted by molar-refractivity contribution is 5.84. The fraction of sp³-hybridized carbons (Fsp3) is 0.200. The second-order valence-electron chi connectivity index (χ2n) is 4.45. The molecule has 0 saturated heterocycles. The first-order chi connectivity index (χ1) is 8.78. The largest absolute Gasteiger partial charge is 0.339 e. The maximum absolute atomic E-state index is 4.26. The number of nitrogens with zero attached hydrogens (tertiary/aromatic N) is 2. The van der Waals surface area contributed by atoms with Crippen LogP contribution < -0.4 is 0 Å². The molecule has 3 rings (SSSR count). The zero-order chi connectivity index (χ0) is 12.5. The molecule has 0 spiro atoms. The Morgan fingerprint density at radius 2 is 1.89 bits per heavy atom. The standard InChI is InChI=1S/C15H15N3/c1-3-11-4-6-12(7-5-11)14-8-13-10(2)16-9-17-15(13)18-14/h4-9H,3H2,1-2H3,(H,16,17,18). The fourth-order valence-corrected chi connectivity index (χ4v) is 2.14. The Morgan fingerprint density at radius 1 is 1.11 bits per heavy atom. The van der Waals surface area contributed by atoms with Gasteiger partial charge in [-0.2, -0.15) is 0 Å². The van der Waals surface area contributed by atoms with E-state index in [0.29, 0.717) is 0 Å². The third-order valence-electron chi connectivity index (χ3n) is 3.30. The summed E-state index contributed by atoms with van der Waals surface area (Å²) in [6.07, 6.45) is 2.66. The zero-order valence-corrected chi connectivity index (χ0v) is 10.6. The zero-order valence-electron chi connectivity index (χ0n) is 10.6. The predicted molar refractivity (Wildman–Crippen MR) is 73.4 cm³/mol. The van der Waals surface area contributed by atoms with Crippen LogP contribution >= 0.6 is 0 Å². The van der Waals surface area contributed by atoms with Crippen LogP contribution in [-0.4, -0.2) is 15.0 Å². The molecule has 0 saturated carbocycles. The number of H-pyrrole nitrogens is 1. The molecule has 3 nitrogen and oxygen atoms in total. The number of hydrogen-bond acceptors (Lipinski definition) is 2. The van der Waals surface area contributed by atoms with Crippen LogP contribution in [-0.2, 0) is 6.42 Å². The minimum Gasteiger partial charge on any atom is -0.339 e. The van der Waals surface area contributed by atoms with Crippen molar-refractivity contribution >= 4 is 11.0 Å². The van der Waals surface area contributed by atoms with Crippen LogP contribution in [0.25, 0.3) is 22.3 Å². The second kappa shape index (κ2) is 4.26. The summed E-state index contributed by atoms with van der Waals surface area (Å²) in [6, 6.07) is 10.7. The maximum atomic E-state index is 4.26. The van der Waals surface area contributed by atoms with Gasteiger partial charge < -0.3 is 4.98 Å². The molecule has 0 amide bonds. The fourth-order valence-electron chi connectivity index (χ4n) is 2.14. The first-order valence-electron chi connectivity index (χ1n) is 6.17. The third kappa shape index (κ3) is 1.78. The Balaban J connectivity index is 2.10. The third-order valence-corrected chi connectivity index (χ3v) is 3.30. The maximum Gasteiger partial charge on any atom is 0.141 e. The highest BCUT2D eigenvalue weighted by atomic mass is 14.9. The lowest BCUT2D eigenvalue weighted by atomic mass is 10.1. The molecule has 0 aliphatic heterocycles. The molecule has 0 atom stereocenters. The molecule has 0 fully saturated rings. The first-order valence-corrected chi connectivity index (χ1v) is 6.17. The molecule has 0 unspecified atom stereocenters. The van der Waals surface area contributed by atoms with Crippen molar-refractivity contribution in [2.75, 3.05) is 0 Å². The molecule has 2 aromatic heterocycles. The van der Waals surface area contributed by atoms with Gasteiger partial charge in [-0.1, -0.05) is 31.2 Å². The summed E-state index contributed by atoms with van der Waals surface area (Å²) >= 11 is 0. The van der Waals surface area contributed by atoms with Gasteiger partial charge in [0.25, 0.3) is 0 Å². The quantitative estimate of drug-likeness (QED) is 0.741. The van der Waals surface area contributed by atoms with Crippen LogP contribution in [0.2, 0.25) is 0 Å². The number of aromatic nitrogens is 3. The van der Waals surface area contributed by atoms with Crippen LogP contribution in [0, 0.1) is 6.92 Å². The predicted octanol–water partition coefficient (Wildman–Crippen LogP) is 3.50. The Hall–Kier alpha value is -2.16. The van der Waals surface area contributed by atoms with Gasteiger partial charge in [0.2, 0.25) is 0 Å². The van der Waals surface area contributed by atoms with Crippen molar-refractivity contribution in [1.29, 1.82) is 0 Å². The van der Waals surface area contributed by atoms with Crippen molar-refractivity contribution in [3.05, 3.63) is 47.9 Å². The molecular weight excluding hydrogens is 222 g/mol. The summed E-state index contributed by atoms with van der Waals surface area (Å²) in [7, 11) is 0. The average Bonchev–Trinajstić information content (AvgIpc) is 2.84. The van der Waals surface area contributed by atoms with Gasteiger partial charge in [0.1, 0.15) is 12.0 Å². The van der Waals surface area contributed by atoms with Crippen LogP contribution in [0.5, 0.6) is 0 Å². The Kier molecular flexibility index (Phi) is 2.59. The monoisotopic (exact) mass is 237 g/mol. The summed E-state index contributed by atoms with van der Waals surface area (Å²) < 4.78 is 0. The van der Waals surface area contributed by atoms with Crippen molar-refractivity contribution < 1.29 is 0 Å².